The SMILES string of the molecule is Cn1cc([C@H]2CCCN2CCc2ccncc2)cn1. The molecule has 3 rings (SSSR count). The van der Waals surface area contributed by atoms with E-state index < -0.39 is 0 Å². The van der Waals surface area contributed by atoms with Crippen molar-refractivity contribution in [3.8, 4) is 0 Å². The van der Waals surface area contributed by atoms with Crippen molar-refractivity contribution in [3.05, 3.63) is 48.0 Å². The van der Waals surface area contributed by atoms with Crippen LogP contribution < -0.4 is 0 Å². The van der Waals surface area contributed by atoms with Gasteiger partial charge in [0, 0.05) is 43.8 Å². The molecule has 0 amide bonds. The topological polar surface area (TPSA) is 34.0 Å². The van der Waals surface area contributed by atoms with Crippen LogP contribution in [0.1, 0.15) is 30.0 Å². The Labute approximate surface area is 114 Å². The summed E-state index contributed by atoms with van der Waals surface area (Å²) < 4.78 is 1.90. The van der Waals surface area contributed by atoms with Crippen LogP contribution in [0.5, 0.6) is 0 Å². The highest BCUT2D eigenvalue weighted by atomic mass is 15.3. The van der Waals surface area contributed by atoms with E-state index in [4.69, 9.17) is 0 Å². The van der Waals surface area contributed by atoms with Gasteiger partial charge in [-0.25, -0.2) is 0 Å². The maximum atomic E-state index is 4.30. The molecule has 0 spiro atoms. The van der Waals surface area contributed by atoms with Crippen LogP contribution in [0.25, 0.3) is 0 Å². The van der Waals surface area contributed by atoms with Gasteiger partial charge in [0.1, 0.15) is 0 Å². The molecule has 0 radical (unpaired) electrons. The van der Waals surface area contributed by atoms with E-state index in [9.17, 15) is 0 Å². The van der Waals surface area contributed by atoms with Crippen LogP contribution in [-0.2, 0) is 13.5 Å². The predicted molar refractivity (Wildman–Crippen MR) is 74.7 cm³/mol. The molecule has 0 aliphatic carbocycles. The number of pyridine rings is 1. The van der Waals surface area contributed by atoms with Crippen LogP contribution >= 0.6 is 0 Å². The van der Waals surface area contributed by atoms with E-state index in [1.54, 1.807) is 0 Å². The highest BCUT2D eigenvalue weighted by Gasteiger charge is 2.26. The third kappa shape index (κ3) is 2.84. The third-order valence-corrected chi connectivity index (χ3v) is 3.91. The molecule has 0 bridgehead atoms. The molecule has 100 valence electrons. The molecule has 1 aliphatic heterocycles. The molecule has 0 saturated carbocycles. The number of hydrogen-bond donors (Lipinski definition) is 0. The summed E-state index contributed by atoms with van der Waals surface area (Å²) >= 11 is 0. The fourth-order valence-electron chi connectivity index (χ4n) is 2.91. The van der Waals surface area contributed by atoms with Crippen LogP contribution in [0, 0.1) is 0 Å². The lowest BCUT2D eigenvalue weighted by atomic mass is 10.1. The molecule has 2 aromatic rings. The summed E-state index contributed by atoms with van der Waals surface area (Å²) in [5, 5.41) is 4.30. The first-order valence-electron chi connectivity index (χ1n) is 6.94. The number of aromatic nitrogens is 3. The number of nitrogens with zero attached hydrogens (tertiary/aromatic N) is 4. The molecular formula is C15H20N4. The lowest BCUT2D eigenvalue weighted by Crippen LogP contribution is -2.25. The molecule has 1 saturated heterocycles. The van der Waals surface area contributed by atoms with Gasteiger partial charge in [0.25, 0.3) is 0 Å². The minimum Gasteiger partial charge on any atom is -0.296 e. The standard InChI is InChI=1S/C15H20N4/c1-18-12-14(11-17-18)15-3-2-9-19(15)10-6-13-4-7-16-8-5-13/h4-5,7-8,11-12,15H,2-3,6,9-10H2,1H3/t15-/m1/s1. The predicted octanol–water partition coefficient (Wildman–Crippen LogP) is 2.19. The van der Waals surface area contributed by atoms with E-state index in [1.165, 1.54) is 30.5 Å². The summed E-state index contributed by atoms with van der Waals surface area (Å²) in [6.45, 7) is 2.31. The zero-order valence-electron chi connectivity index (χ0n) is 11.4. The molecule has 1 atom stereocenters. The van der Waals surface area contributed by atoms with Crippen LogP contribution in [0.2, 0.25) is 0 Å². The van der Waals surface area contributed by atoms with Gasteiger partial charge in [-0.05, 0) is 43.5 Å². The fraction of sp³-hybridized carbons (Fsp3) is 0.467. The lowest BCUT2D eigenvalue weighted by molar-refractivity contribution is 0.260. The first kappa shape index (κ1) is 12.4. The second kappa shape index (κ2) is 5.53. The number of rotatable bonds is 4. The number of likely N-dealkylation sites (tertiary alicyclic amines) is 1. The van der Waals surface area contributed by atoms with E-state index in [2.05, 4.69) is 33.3 Å². The van der Waals surface area contributed by atoms with Crippen molar-refractivity contribution in [3.63, 3.8) is 0 Å². The zero-order chi connectivity index (χ0) is 13.1. The van der Waals surface area contributed by atoms with Crippen molar-refractivity contribution in [2.24, 2.45) is 7.05 Å². The number of aryl methyl sites for hydroxylation is 1. The Bertz CT molecular complexity index is 520. The molecule has 0 aromatic carbocycles. The van der Waals surface area contributed by atoms with Crippen LogP contribution in [-0.4, -0.2) is 32.8 Å². The Hall–Kier alpha value is -1.68. The molecule has 1 aliphatic rings. The largest absolute Gasteiger partial charge is 0.296 e. The molecule has 4 heteroatoms. The van der Waals surface area contributed by atoms with Crippen molar-refractivity contribution in [1.29, 1.82) is 0 Å². The second-order valence-corrected chi connectivity index (χ2v) is 5.25. The molecular weight excluding hydrogens is 236 g/mol. The maximum absolute atomic E-state index is 4.30. The van der Waals surface area contributed by atoms with Crippen molar-refractivity contribution in [2.75, 3.05) is 13.1 Å². The van der Waals surface area contributed by atoms with Gasteiger partial charge < -0.3 is 0 Å². The summed E-state index contributed by atoms with van der Waals surface area (Å²) in [4.78, 5) is 6.65. The van der Waals surface area contributed by atoms with Gasteiger partial charge in [0.2, 0.25) is 0 Å². The van der Waals surface area contributed by atoms with Gasteiger partial charge in [-0.2, -0.15) is 5.10 Å². The normalized spacial score (nSPS) is 19.9. The zero-order valence-corrected chi connectivity index (χ0v) is 11.4. The van der Waals surface area contributed by atoms with E-state index >= 15 is 0 Å². The highest BCUT2D eigenvalue weighted by Crippen LogP contribution is 2.31. The van der Waals surface area contributed by atoms with Gasteiger partial charge in [0.05, 0.1) is 6.20 Å². The summed E-state index contributed by atoms with van der Waals surface area (Å²) in [5.74, 6) is 0. The molecule has 3 heterocycles. The summed E-state index contributed by atoms with van der Waals surface area (Å²) in [6.07, 6.45) is 11.5. The second-order valence-electron chi connectivity index (χ2n) is 5.25. The molecule has 0 N–H and O–H groups in total. The van der Waals surface area contributed by atoms with E-state index in [1.807, 2.05) is 30.3 Å². The molecule has 2 aromatic heterocycles. The smallest absolute Gasteiger partial charge is 0.0537 e. The Morgan fingerprint density at radius 2 is 2.16 bits per heavy atom. The highest BCUT2D eigenvalue weighted by molar-refractivity contribution is 5.14. The summed E-state index contributed by atoms with van der Waals surface area (Å²) in [6, 6.07) is 4.76. The summed E-state index contributed by atoms with van der Waals surface area (Å²) in [7, 11) is 1.99. The Kier molecular flexibility index (Phi) is 3.60. The average Bonchev–Trinajstić information content (AvgIpc) is 3.06. The first-order valence-corrected chi connectivity index (χ1v) is 6.94. The molecule has 1 fully saturated rings. The first-order chi connectivity index (χ1) is 9.33. The Morgan fingerprint density at radius 1 is 1.32 bits per heavy atom. The van der Waals surface area contributed by atoms with Crippen molar-refractivity contribution in [1.82, 2.24) is 19.7 Å². The van der Waals surface area contributed by atoms with E-state index in [0.29, 0.717) is 6.04 Å². The average molecular weight is 256 g/mol. The summed E-state index contributed by atoms with van der Waals surface area (Å²) in [5.41, 5.74) is 2.72. The van der Waals surface area contributed by atoms with Crippen LogP contribution in [0.4, 0.5) is 0 Å². The van der Waals surface area contributed by atoms with Crippen molar-refractivity contribution in [2.45, 2.75) is 25.3 Å². The monoisotopic (exact) mass is 256 g/mol. The number of hydrogen-bond acceptors (Lipinski definition) is 3. The van der Waals surface area contributed by atoms with Gasteiger partial charge in [-0.15, -0.1) is 0 Å². The van der Waals surface area contributed by atoms with Gasteiger partial charge in [-0.3, -0.25) is 14.6 Å². The van der Waals surface area contributed by atoms with Crippen molar-refractivity contribution < 1.29 is 0 Å². The van der Waals surface area contributed by atoms with Crippen LogP contribution in [0.15, 0.2) is 36.9 Å². The fourth-order valence-corrected chi connectivity index (χ4v) is 2.91. The quantitative estimate of drug-likeness (QED) is 0.841. The van der Waals surface area contributed by atoms with Crippen molar-refractivity contribution >= 4 is 0 Å². The van der Waals surface area contributed by atoms with E-state index in [0.717, 1.165) is 13.0 Å². The lowest BCUT2D eigenvalue weighted by Gasteiger charge is -2.23. The Morgan fingerprint density at radius 3 is 2.89 bits per heavy atom. The molecule has 4 nitrogen and oxygen atoms in total. The molecule has 0 unspecified atom stereocenters. The third-order valence-electron chi connectivity index (χ3n) is 3.91. The Balaban J connectivity index is 1.64. The van der Waals surface area contributed by atoms with E-state index in [-0.39, 0.29) is 0 Å². The molecule has 19 heavy (non-hydrogen) atoms. The van der Waals surface area contributed by atoms with Gasteiger partial charge in [-0.1, -0.05) is 0 Å². The van der Waals surface area contributed by atoms with Gasteiger partial charge >= 0.3 is 0 Å². The van der Waals surface area contributed by atoms with Crippen LogP contribution in [0.3, 0.4) is 0 Å². The van der Waals surface area contributed by atoms with Gasteiger partial charge in [0.15, 0.2) is 0 Å². The maximum Gasteiger partial charge on any atom is 0.0537 e. The minimum absolute atomic E-state index is 0.551. The minimum atomic E-state index is 0.551.